The molecule has 0 saturated carbocycles. The molecule has 1 aliphatic rings. The Hall–Kier alpha value is -1.65. The van der Waals surface area contributed by atoms with Crippen LogP contribution in [0.25, 0.3) is 0 Å². The molecule has 2 atom stereocenters. The lowest BCUT2D eigenvalue weighted by Crippen LogP contribution is -2.44. The molecule has 0 fully saturated rings. The van der Waals surface area contributed by atoms with Gasteiger partial charge in [-0.3, -0.25) is 4.90 Å². The van der Waals surface area contributed by atoms with Gasteiger partial charge in [0.15, 0.2) is 0 Å². The van der Waals surface area contributed by atoms with E-state index in [9.17, 15) is 0 Å². The molecule has 1 aromatic heterocycles. The number of hydrogen-bond acceptors (Lipinski definition) is 3. The Bertz CT molecular complexity index is 587. The molecule has 2 aromatic rings. The minimum atomic E-state index is 0.147. The normalized spacial score (nSPS) is 18.2. The average molecular weight is 284 g/mol. The molecule has 0 spiro atoms. The predicted octanol–water partition coefficient (Wildman–Crippen LogP) is 2.49. The van der Waals surface area contributed by atoms with Crippen molar-refractivity contribution in [1.82, 2.24) is 14.5 Å². The lowest BCUT2D eigenvalue weighted by Gasteiger charge is -2.38. The molecule has 2 unspecified atom stereocenters. The molecule has 1 aliphatic heterocycles. The first-order valence-corrected chi connectivity index (χ1v) is 7.75. The van der Waals surface area contributed by atoms with Crippen molar-refractivity contribution >= 4 is 0 Å². The van der Waals surface area contributed by atoms with Crippen molar-refractivity contribution in [2.75, 3.05) is 6.54 Å². The third kappa shape index (κ3) is 2.87. The zero-order valence-corrected chi connectivity index (χ0v) is 12.9. The predicted molar refractivity (Wildman–Crippen MR) is 84.8 cm³/mol. The third-order valence-electron chi connectivity index (χ3n) is 4.46. The lowest BCUT2D eigenvalue weighted by molar-refractivity contribution is 0.130. The Morgan fingerprint density at radius 2 is 2.00 bits per heavy atom. The molecule has 0 saturated heterocycles. The van der Waals surface area contributed by atoms with Crippen LogP contribution in [-0.2, 0) is 13.1 Å². The highest BCUT2D eigenvalue weighted by atomic mass is 15.3. The highest BCUT2D eigenvalue weighted by molar-refractivity contribution is 5.25. The number of rotatable bonds is 4. The molecule has 112 valence electrons. The summed E-state index contributed by atoms with van der Waals surface area (Å²) in [4.78, 5) is 6.94. The Kier molecular flexibility index (Phi) is 4.08. The Morgan fingerprint density at radius 3 is 2.71 bits per heavy atom. The Morgan fingerprint density at radius 1 is 1.24 bits per heavy atom. The van der Waals surface area contributed by atoms with Crippen molar-refractivity contribution in [3.05, 3.63) is 53.6 Å². The molecule has 0 bridgehead atoms. The first kappa shape index (κ1) is 14.3. The molecular weight excluding hydrogens is 260 g/mol. The quantitative estimate of drug-likeness (QED) is 0.938. The fourth-order valence-electron chi connectivity index (χ4n) is 3.15. The van der Waals surface area contributed by atoms with Crippen LogP contribution in [0.4, 0.5) is 0 Å². The van der Waals surface area contributed by atoms with Gasteiger partial charge in [0.25, 0.3) is 0 Å². The summed E-state index contributed by atoms with van der Waals surface area (Å²) in [5.41, 5.74) is 9.05. The maximum atomic E-state index is 6.44. The molecule has 2 N–H and O–H groups in total. The molecule has 0 radical (unpaired) electrons. The summed E-state index contributed by atoms with van der Waals surface area (Å²) in [5.74, 6) is 1.14. The summed E-state index contributed by atoms with van der Waals surface area (Å²) < 4.78 is 2.24. The maximum Gasteiger partial charge on any atom is 0.122 e. The van der Waals surface area contributed by atoms with E-state index >= 15 is 0 Å². The van der Waals surface area contributed by atoms with Gasteiger partial charge in [-0.2, -0.15) is 0 Å². The number of hydrogen-bond donors (Lipinski definition) is 1. The van der Waals surface area contributed by atoms with Gasteiger partial charge in [0.05, 0.1) is 12.6 Å². The van der Waals surface area contributed by atoms with Crippen LogP contribution in [0.5, 0.6) is 0 Å². The molecule has 0 aliphatic carbocycles. The van der Waals surface area contributed by atoms with Crippen LogP contribution < -0.4 is 5.73 Å². The molecule has 4 heteroatoms. The van der Waals surface area contributed by atoms with Crippen molar-refractivity contribution < 1.29 is 0 Å². The summed E-state index contributed by atoms with van der Waals surface area (Å²) in [6.07, 6.45) is 4.93. The molecule has 0 amide bonds. The second-order valence-electron chi connectivity index (χ2n) is 5.93. The number of benzene rings is 1. The number of imidazole rings is 1. The molecule has 21 heavy (non-hydrogen) atoms. The van der Waals surface area contributed by atoms with Crippen molar-refractivity contribution in [3.8, 4) is 0 Å². The smallest absolute Gasteiger partial charge is 0.122 e. The average Bonchev–Trinajstić information content (AvgIpc) is 2.97. The maximum absolute atomic E-state index is 6.44. The summed E-state index contributed by atoms with van der Waals surface area (Å²) in [5, 5.41) is 0. The molecule has 1 aromatic carbocycles. The summed E-state index contributed by atoms with van der Waals surface area (Å²) in [6, 6.07) is 9.20. The van der Waals surface area contributed by atoms with E-state index in [0.717, 1.165) is 31.9 Å². The van der Waals surface area contributed by atoms with E-state index in [1.807, 2.05) is 6.20 Å². The summed E-state index contributed by atoms with van der Waals surface area (Å²) in [6.45, 7) is 7.18. The summed E-state index contributed by atoms with van der Waals surface area (Å²) in [7, 11) is 0. The SMILES string of the molecule is CCC(N)C(c1ccc(C)cc1)N1CCn2ccnc2C1. The van der Waals surface area contributed by atoms with Gasteiger partial charge in [0.1, 0.15) is 5.82 Å². The van der Waals surface area contributed by atoms with Gasteiger partial charge >= 0.3 is 0 Å². The van der Waals surface area contributed by atoms with Crippen LogP contribution >= 0.6 is 0 Å². The number of fused-ring (bicyclic) bond motifs is 1. The van der Waals surface area contributed by atoms with E-state index in [4.69, 9.17) is 5.73 Å². The first-order valence-electron chi connectivity index (χ1n) is 7.75. The Labute approximate surface area is 126 Å². The van der Waals surface area contributed by atoms with Crippen molar-refractivity contribution in [3.63, 3.8) is 0 Å². The second-order valence-corrected chi connectivity index (χ2v) is 5.93. The van der Waals surface area contributed by atoms with Gasteiger partial charge in [-0.25, -0.2) is 4.98 Å². The van der Waals surface area contributed by atoms with E-state index in [0.29, 0.717) is 0 Å². The fraction of sp³-hybridized carbons (Fsp3) is 0.471. The second kappa shape index (κ2) is 6.00. The lowest BCUT2D eigenvalue weighted by atomic mass is 9.95. The number of nitrogens with two attached hydrogens (primary N) is 1. The van der Waals surface area contributed by atoms with Crippen LogP contribution in [0.3, 0.4) is 0 Å². The van der Waals surface area contributed by atoms with E-state index in [2.05, 4.69) is 58.8 Å². The standard InChI is InChI=1S/C17H24N4/c1-3-15(18)17(14-6-4-13(2)5-7-14)21-11-10-20-9-8-19-16(20)12-21/h4-9,15,17H,3,10-12,18H2,1-2H3. The van der Waals surface area contributed by atoms with Crippen LogP contribution in [-0.4, -0.2) is 27.0 Å². The zero-order valence-electron chi connectivity index (χ0n) is 12.9. The topological polar surface area (TPSA) is 47.1 Å². The highest BCUT2D eigenvalue weighted by Gasteiger charge is 2.29. The van der Waals surface area contributed by atoms with Crippen LogP contribution in [0, 0.1) is 6.92 Å². The van der Waals surface area contributed by atoms with Gasteiger partial charge in [-0.1, -0.05) is 36.8 Å². The van der Waals surface area contributed by atoms with E-state index < -0.39 is 0 Å². The van der Waals surface area contributed by atoms with Crippen molar-refractivity contribution in [2.45, 2.75) is 45.4 Å². The van der Waals surface area contributed by atoms with Crippen molar-refractivity contribution in [1.29, 1.82) is 0 Å². The van der Waals surface area contributed by atoms with E-state index in [1.54, 1.807) is 0 Å². The fourth-order valence-corrected chi connectivity index (χ4v) is 3.15. The minimum absolute atomic E-state index is 0.147. The van der Waals surface area contributed by atoms with Crippen LogP contribution in [0.2, 0.25) is 0 Å². The first-order chi connectivity index (χ1) is 10.2. The van der Waals surface area contributed by atoms with Crippen LogP contribution in [0.15, 0.2) is 36.7 Å². The molecule has 4 nitrogen and oxygen atoms in total. The van der Waals surface area contributed by atoms with Crippen molar-refractivity contribution in [2.24, 2.45) is 5.73 Å². The van der Waals surface area contributed by atoms with Gasteiger partial charge in [0, 0.05) is 31.5 Å². The van der Waals surface area contributed by atoms with E-state index in [-0.39, 0.29) is 12.1 Å². The molecule has 3 rings (SSSR count). The third-order valence-corrected chi connectivity index (χ3v) is 4.46. The molecule has 2 heterocycles. The minimum Gasteiger partial charge on any atom is -0.333 e. The monoisotopic (exact) mass is 284 g/mol. The van der Waals surface area contributed by atoms with E-state index in [1.165, 1.54) is 11.1 Å². The van der Waals surface area contributed by atoms with Gasteiger partial charge in [-0.05, 0) is 18.9 Å². The van der Waals surface area contributed by atoms with Gasteiger partial charge in [0.2, 0.25) is 0 Å². The highest BCUT2D eigenvalue weighted by Crippen LogP contribution is 2.28. The largest absolute Gasteiger partial charge is 0.333 e. The number of aromatic nitrogens is 2. The summed E-state index contributed by atoms with van der Waals surface area (Å²) >= 11 is 0. The zero-order chi connectivity index (χ0) is 14.8. The van der Waals surface area contributed by atoms with Gasteiger partial charge in [-0.15, -0.1) is 0 Å². The Balaban J connectivity index is 1.88. The number of aryl methyl sites for hydroxylation is 1. The number of nitrogens with zero attached hydrogens (tertiary/aromatic N) is 3. The molecular formula is C17H24N4. The van der Waals surface area contributed by atoms with Gasteiger partial charge < -0.3 is 10.3 Å². The van der Waals surface area contributed by atoms with Crippen LogP contribution in [0.1, 0.15) is 36.3 Å².